The fourth-order valence-electron chi connectivity index (χ4n) is 2.57. The standard InChI is InChI=1S/C18H14Br2O/c19-13-5-3-4-12(10-13)11-18(21)16-8-9-17(20)15-7-2-1-6-14(15)16/h1-10,18,21H,11H2. The second-order valence-corrected chi connectivity index (χ2v) is 6.80. The third-order valence-electron chi connectivity index (χ3n) is 3.58. The molecule has 0 saturated carbocycles. The Hall–Kier alpha value is -1.16. The maximum Gasteiger partial charge on any atom is 0.0836 e. The second kappa shape index (κ2) is 6.30. The van der Waals surface area contributed by atoms with Crippen molar-refractivity contribution in [2.45, 2.75) is 12.5 Å². The van der Waals surface area contributed by atoms with Gasteiger partial charge in [-0.2, -0.15) is 0 Å². The molecule has 0 saturated heterocycles. The predicted octanol–water partition coefficient (Wildman–Crippen LogP) is 5.64. The lowest BCUT2D eigenvalue weighted by Gasteiger charge is -2.15. The van der Waals surface area contributed by atoms with E-state index < -0.39 is 6.10 Å². The van der Waals surface area contributed by atoms with Crippen molar-refractivity contribution >= 4 is 42.6 Å². The van der Waals surface area contributed by atoms with E-state index in [4.69, 9.17) is 0 Å². The third-order valence-corrected chi connectivity index (χ3v) is 4.77. The van der Waals surface area contributed by atoms with E-state index >= 15 is 0 Å². The third kappa shape index (κ3) is 3.20. The average molecular weight is 406 g/mol. The summed E-state index contributed by atoms with van der Waals surface area (Å²) in [5.74, 6) is 0. The highest BCUT2D eigenvalue weighted by atomic mass is 79.9. The Kier molecular flexibility index (Phi) is 4.43. The Labute approximate surface area is 140 Å². The van der Waals surface area contributed by atoms with Gasteiger partial charge >= 0.3 is 0 Å². The summed E-state index contributed by atoms with van der Waals surface area (Å²) in [7, 11) is 0. The first-order valence-corrected chi connectivity index (χ1v) is 8.33. The zero-order valence-electron chi connectivity index (χ0n) is 11.3. The highest BCUT2D eigenvalue weighted by molar-refractivity contribution is 9.11. The Bertz CT molecular complexity index is 783. The van der Waals surface area contributed by atoms with E-state index in [9.17, 15) is 5.11 Å². The molecule has 1 unspecified atom stereocenters. The van der Waals surface area contributed by atoms with Crippen molar-refractivity contribution in [3.05, 3.63) is 80.7 Å². The Morgan fingerprint density at radius 3 is 2.38 bits per heavy atom. The van der Waals surface area contributed by atoms with Crippen LogP contribution in [0.3, 0.4) is 0 Å². The van der Waals surface area contributed by atoms with Crippen molar-refractivity contribution in [1.82, 2.24) is 0 Å². The van der Waals surface area contributed by atoms with Crippen LogP contribution in [0.25, 0.3) is 10.8 Å². The summed E-state index contributed by atoms with van der Waals surface area (Å²) in [4.78, 5) is 0. The second-order valence-electron chi connectivity index (χ2n) is 5.03. The highest BCUT2D eigenvalue weighted by Gasteiger charge is 2.13. The van der Waals surface area contributed by atoms with Crippen LogP contribution in [-0.4, -0.2) is 5.11 Å². The van der Waals surface area contributed by atoms with Gasteiger partial charge in [0, 0.05) is 15.4 Å². The van der Waals surface area contributed by atoms with Crippen LogP contribution < -0.4 is 0 Å². The van der Waals surface area contributed by atoms with E-state index in [1.54, 1.807) is 0 Å². The lowest BCUT2D eigenvalue weighted by atomic mass is 9.96. The molecule has 106 valence electrons. The van der Waals surface area contributed by atoms with Gasteiger partial charge in [0.2, 0.25) is 0 Å². The summed E-state index contributed by atoms with van der Waals surface area (Å²) < 4.78 is 2.09. The number of aliphatic hydroxyl groups is 1. The van der Waals surface area contributed by atoms with Gasteiger partial charge in [0.1, 0.15) is 0 Å². The molecule has 0 spiro atoms. The van der Waals surface area contributed by atoms with Gasteiger partial charge in [0.05, 0.1) is 6.10 Å². The molecule has 0 heterocycles. The molecule has 1 N–H and O–H groups in total. The lowest BCUT2D eigenvalue weighted by Crippen LogP contribution is -2.02. The molecule has 0 aliphatic carbocycles. The maximum absolute atomic E-state index is 10.6. The van der Waals surface area contributed by atoms with Gasteiger partial charge in [-0.25, -0.2) is 0 Å². The quantitative estimate of drug-likeness (QED) is 0.597. The van der Waals surface area contributed by atoms with Crippen molar-refractivity contribution in [2.75, 3.05) is 0 Å². The summed E-state index contributed by atoms with van der Waals surface area (Å²) >= 11 is 7.04. The van der Waals surface area contributed by atoms with Crippen LogP contribution in [0.5, 0.6) is 0 Å². The van der Waals surface area contributed by atoms with E-state index in [0.717, 1.165) is 30.8 Å². The molecule has 1 atom stereocenters. The zero-order valence-corrected chi connectivity index (χ0v) is 14.4. The number of hydrogen-bond acceptors (Lipinski definition) is 1. The molecule has 0 radical (unpaired) electrons. The lowest BCUT2D eigenvalue weighted by molar-refractivity contribution is 0.180. The van der Waals surface area contributed by atoms with Crippen LogP contribution in [0.4, 0.5) is 0 Å². The van der Waals surface area contributed by atoms with Crippen LogP contribution >= 0.6 is 31.9 Å². The first-order chi connectivity index (χ1) is 10.1. The van der Waals surface area contributed by atoms with Crippen molar-refractivity contribution in [2.24, 2.45) is 0 Å². The fraction of sp³-hybridized carbons (Fsp3) is 0.111. The number of fused-ring (bicyclic) bond motifs is 1. The van der Waals surface area contributed by atoms with Gasteiger partial charge in [-0.05, 0) is 40.1 Å². The summed E-state index contributed by atoms with van der Waals surface area (Å²) in [5.41, 5.74) is 2.08. The summed E-state index contributed by atoms with van der Waals surface area (Å²) in [5, 5.41) is 12.8. The molecule has 0 fully saturated rings. The molecular weight excluding hydrogens is 392 g/mol. The SMILES string of the molecule is OC(Cc1cccc(Br)c1)c1ccc(Br)c2ccccc12. The molecule has 3 aromatic rings. The largest absolute Gasteiger partial charge is 0.388 e. The number of rotatable bonds is 3. The summed E-state index contributed by atoms with van der Waals surface area (Å²) in [6.45, 7) is 0. The van der Waals surface area contributed by atoms with Crippen LogP contribution in [-0.2, 0) is 6.42 Å². The van der Waals surface area contributed by atoms with Gasteiger partial charge in [0.25, 0.3) is 0 Å². The first kappa shape index (κ1) is 14.8. The van der Waals surface area contributed by atoms with Gasteiger partial charge in [0.15, 0.2) is 0 Å². The predicted molar refractivity (Wildman–Crippen MR) is 94.5 cm³/mol. The van der Waals surface area contributed by atoms with Crippen LogP contribution in [0.1, 0.15) is 17.2 Å². The van der Waals surface area contributed by atoms with Crippen LogP contribution in [0.2, 0.25) is 0 Å². The Balaban J connectivity index is 1.98. The minimum absolute atomic E-state index is 0.516. The van der Waals surface area contributed by atoms with Crippen LogP contribution in [0.15, 0.2) is 69.6 Å². The molecule has 3 rings (SSSR count). The fourth-order valence-corrected chi connectivity index (χ4v) is 3.50. The minimum atomic E-state index is -0.516. The highest BCUT2D eigenvalue weighted by Crippen LogP contribution is 2.31. The average Bonchev–Trinajstić information content (AvgIpc) is 2.48. The van der Waals surface area contributed by atoms with Gasteiger partial charge in [-0.15, -0.1) is 0 Å². The van der Waals surface area contributed by atoms with Gasteiger partial charge in [-0.3, -0.25) is 0 Å². The number of benzene rings is 3. The molecule has 0 bridgehead atoms. The number of halogens is 2. The number of hydrogen-bond donors (Lipinski definition) is 1. The van der Waals surface area contributed by atoms with E-state index in [2.05, 4.69) is 44.0 Å². The van der Waals surface area contributed by atoms with Crippen molar-refractivity contribution in [3.8, 4) is 0 Å². The van der Waals surface area contributed by atoms with E-state index in [-0.39, 0.29) is 0 Å². The Morgan fingerprint density at radius 1 is 0.857 bits per heavy atom. The van der Waals surface area contributed by atoms with Crippen LogP contribution in [0, 0.1) is 0 Å². The van der Waals surface area contributed by atoms with E-state index in [0.29, 0.717) is 6.42 Å². The smallest absolute Gasteiger partial charge is 0.0836 e. The summed E-state index contributed by atoms with van der Waals surface area (Å²) in [6.07, 6.45) is 0.0859. The Morgan fingerprint density at radius 2 is 1.62 bits per heavy atom. The van der Waals surface area contributed by atoms with E-state index in [1.807, 2.05) is 48.5 Å². The zero-order chi connectivity index (χ0) is 14.8. The molecule has 3 aromatic carbocycles. The molecule has 0 amide bonds. The van der Waals surface area contributed by atoms with Gasteiger partial charge < -0.3 is 5.11 Å². The molecule has 0 aromatic heterocycles. The maximum atomic E-state index is 10.6. The van der Waals surface area contributed by atoms with Crippen molar-refractivity contribution in [3.63, 3.8) is 0 Å². The number of aliphatic hydroxyl groups excluding tert-OH is 1. The molecule has 21 heavy (non-hydrogen) atoms. The topological polar surface area (TPSA) is 20.2 Å². The van der Waals surface area contributed by atoms with Crippen molar-refractivity contribution in [1.29, 1.82) is 0 Å². The molecule has 3 heteroatoms. The first-order valence-electron chi connectivity index (χ1n) is 6.75. The minimum Gasteiger partial charge on any atom is -0.388 e. The molecule has 1 nitrogen and oxygen atoms in total. The molecule has 0 aliphatic rings. The van der Waals surface area contributed by atoms with Gasteiger partial charge in [-0.1, -0.05) is 74.3 Å². The monoisotopic (exact) mass is 404 g/mol. The summed E-state index contributed by atoms with van der Waals surface area (Å²) in [6, 6.07) is 20.2. The molecular formula is C18H14Br2O. The van der Waals surface area contributed by atoms with Crippen molar-refractivity contribution < 1.29 is 5.11 Å². The van der Waals surface area contributed by atoms with E-state index in [1.165, 1.54) is 0 Å². The normalized spacial score (nSPS) is 12.5. The molecule has 0 aliphatic heterocycles.